The molecule has 3 heteroatoms. The summed E-state index contributed by atoms with van der Waals surface area (Å²) in [6, 6.07) is 0. The van der Waals surface area contributed by atoms with E-state index in [0.717, 1.165) is 38.2 Å². The molecule has 0 atom stereocenters. The Hall–Kier alpha value is -0.670. The molecule has 3 nitrogen and oxygen atoms in total. The van der Waals surface area contributed by atoms with Crippen molar-refractivity contribution in [3.05, 3.63) is 12.3 Å². The van der Waals surface area contributed by atoms with Crippen LogP contribution in [0.15, 0.2) is 17.3 Å². The van der Waals surface area contributed by atoms with Crippen LogP contribution >= 0.6 is 0 Å². The van der Waals surface area contributed by atoms with E-state index in [1.165, 1.54) is 0 Å². The van der Waals surface area contributed by atoms with Crippen molar-refractivity contribution >= 4 is 5.71 Å². The SMILES string of the molecule is CCCC1(OCC2=NC=CC2)COC1. The first-order chi connectivity index (χ1) is 6.85. The number of rotatable bonds is 5. The van der Waals surface area contributed by atoms with Crippen LogP contribution in [0.4, 0.5) is 0 Å². The number of aliphatic imine (C=N–C) groups is 1. The lowest BCUT2D eigenvalue weighted by atomic mass is 9.96. The van der Waals surface area contributed by atoms with Gasteiger partial charge in [-0.3, -0.25) is 4.99 Å². The predicted molar refractivity (Wildman–Crippen MR) is 55.6 cm³/mol. The van der Waals surface area contributed by atoms with Gasteiger partial charge in [-0.05, 0) is 6.42 Å². The number of nitrogens with zero attached hydrogens (tertiary/aromatic N) is 1. The summed E-state index contributed by atoms with van der Waals surface area (Å²) in [5.74, 6) is 0. The van der Waals surface area contributed by atoms with Gasteiger partial charge in [0.25, 0.3) is 0 Å². The van der Waals surface area contributed by atoms with Crippen LogP contribution in [0.1, 0.15) is 26.2 Å². The number of hydrogen-bond donors (Lipinski definition) is 0. The van der Waals surface area contributed by atoms with Crippen molar-refractivity contribution in [2.24, 2.45) is 4.99 Å². The Kier molecular flexibility index (Phi) is 2.99. The van der Waals surface area contributed by atoms with Crippen molar-refractivity contribution in [3.8, 4) is 0 Å². The molecule has 0 N–H and O–H groups in total. The molecule has 0 aromatic heterocycles. The highest BCUT2D eigenvalue weighted by Crippen LogP contribution is 2.27. The molecule has 78 valence electrons. The highest BCUT2D eigenvalue weighted by molar-refractivity contribution is 5.89. The zero-order valence-electron chi connectivity index (χ0n) is 8.66. The molecule has 0 amide bonds. The summed E-state index contributed by atoms with van der Waals surface area (Å²) in [5, 5.41) is 0. The molecule has 2 heterocycles. The van der Waals surface area contributed by atoms with Gasteiger partial charge in [0.15, 0.2) is 0 Å². The topological polar surface area (TPSA) is 30.8 Å². The zero-order chi connectivity index (χ0) is 9.86. The highest BCUT2D eigenvalue weighted by atomic mass is 16.6. The molecule has 0 radical (unpaired) electrons. The Morgan fingerprint density at radius 3 is 2.93 bits per heavy atom. The average molecular weight is 195 g/mol. The first kappa shape index (κ1) is 9.87. The highest BCUT2D eigenvalue weighted by Gasteiger charge is 2.38. The van der Waals surface area contributed by atoms with Crippen LogP contribution in [-0.4, -0.2) is 31.1 Å². The summed E-state index contributed by atoms with van der Waals surface area (Å²) in [5.41, 5.74) is 1.13. The minimum atomic E-state index is -0.000139. The lowest BCUT2D eigenvalue weighted by molar-refractivity contribution is -0.205. The lowest BCUT2D eigenvalue weighted by Crippen LogP contribution is -2.52. The van der Waals surface area contributed by atoms with E-state index in [0.29, 0.717) is 6.61 Å². The second-order valence-electron chi connectivity index (χ2n) is 4.00. The maximum absolute atomic E-state index is 5.89. The van der Waals surface area contributed by atoms with Crippen molar-refractivity contribution in [1.29, 1.82) is 0 Å². The standard InChI is InChI=1S/C11H17NO2/c1-2-5-11(8-13-9-11)14-7-10-4-3-6-12-10/h3,6H,2,4-5,7-9H2,1H3. The first-order valence-electron chi connectivity index (χ1n) is 5.27. The molecule has 2 aliphatic rings. The van der Waals surface area contributed by atoms with E-state index in [4.69, 9.17) is 9.47 Å². The number of hydrogen-bond acceptors (Lipinski definition) is 3. The van der Waals surface area contributed by atoms with Gasteiger partial charge in [-0.2, -0.15) is 0 Å². The van der Waals surface area contributed by atoms with Gasteiger partial charge in [0, 0.05) is 18.3 Å². The maximum Gasteiger partial charge on any atom is 0.115 e. The molecular weight excluding hydrogens is 178 g/mol. The summed E-state index contributed by atoms with van der Waals surface area (Å²) in [7, 11) is 0. The van der Waals surface area contributed by atoms with E-state index in [-0.39, 0.29) is 5.60 Å². The number of allylic oxidation sites excluding steroid dienone is 1. The Bertz CT molecular complexity index is 254. The molecule has 0 spiro atoms. The molecule has 1 fully saturated rings. The van der Waals surface area contributed by atoms with Crippen LogP contribution in [0.25, 0.3) is 0 Å². The third-order valence-electron chi connectivity index (χ3n) is 2.70. The van der Waals surface area contributed by atoms with Crippen LogP contribution < -0.4 is 0 Å². The van der Waals surface area contributed by atoms with Crippen LogP contribution in [0.2, 0.25) is 0 Å². The Morgan fingerprint density at radius 1 is 1.57 bits per heavy atom. The molecule has 0 bridgehead atoms. The van der Waals surface area contributed by atoms with E-state index in [9.17, 15) is 0 Å². The fourth-order valence-electron chi connectivity index (χ4n) is 1.82. The maximum atomic E-state index is 5.89. The van der Waals surface area contributed by atoms with Gasteiger partial charge in [0.05, 0.1) is 19.8 Å². The van der Waals surface area contributed by atoms with Crippen molar-refractivity contribution in [2.75, 3.05) is 19.8 Å². The molecule has 0 aromatic rings. The normalized spacial score (nSPS) is 23.4. The molecule has 0 aromatic carbocycles. The van der Waals surface area contributed by atoms with Crippen LogP contribution in [0.5, 0.6) is 0 Å². The minimum absolute atomic E-state index is 0.000139. The molecule has 0 unspecified atom stereocenters. The van der Waals surface area contributed by atoms with Gasteiger partial charge >= 0.3 is 0 Å². The lowest BCUT2D eigenvalue weighted by Gasteiger charge is -2.41. The van der Waals surface area contributed by atoms with Crippen molar-refractivity contribution in [1.82, 2.24) is 0 Å². The molecular formula is C11H17NO2. The molecule has 1 saturated heterocycles. The van der Waals surface area contributed by atoms with Crippen LogP contribution in [0, 0.1) is 0 Å². The molecule has 2 aliphatic heterocycles. The molecule has 2 rings (SSSR count). The summed E-state index contributed by atoms with van der Waals surface area (Å²) in [4.78, 5) is 4.23. The quantitative estimate of drug-likeness (QED) is 0.671. The number of ether oxygens (including phenoxy) is 2. The van der Waals surface area contributed by atoms with Gasteiger partial charge in [-0.15, -0.1) is 0 Å². The Morgan fingerprint density at radius 2 is 2.43 bits per heavy atom. The van der Waals surface area contributed by atoms with Crippen molar-refractivity contribution < 1.29 is 9.47 Å². The van der Waals surface area contributed by atoms with Gasteiger partial charge in [0.2, 0.25) is 0 Å². The van der Waals surface area contributed by atoms with Gasteiger partial charge < -0.3 is 9.47 Å². The van der Waals surface area contributed by atoms with E-state index in [2.05, 4.69) is 18.0 Å². The Balaban J connectivity index is 1.77. The third-order valence-corrected chi connectivity index (χ3v) is 2.70. The summed E-state index contributed by atoms with van der Waals surface area (Å²) in [6.07, 6.45) is 7.09. The van der Waals surface area contributed by atoms with E-state index in [1.807, 2.05) is 6.20 Å². The zero-order valence-corrected chi connectivity index (χ0v) is 8.66. The second-order valence-corrected chi connectivity index (χ2v) is 4.00. The fraction of sp³-hybridized carbons (Fsp3) is 0.727. The molecule has 14 heavy (non-hydrogen) atoms. The third kappa shape index (κ3) is 2.04. The predicted octanol–water partition coefficient (Wildman–Crippen LogP) is 1.93. The van der Waals surface area contributed by atoms with E-state index >= 15 is 0 Å². The average Bonchev–Trinajstić information content (AvgIpc) is 2.62. The van der Waals surface area contributed by atoms with E-state index in [1.54, 1.807) is 0 Å². The van der Waals surface area contributed by atoms with Crippen molar-refractivity contribution in [3.63, 3.8) is 0 Å². The largest absolute Gasteiger partial charge is 0.375 e. The van der Waals surface area contributed by atoms with Gasteiger partial charge in [-0.25, -0.2) is 0 Å². The van der Waals surface area contributed by atoms with Gasteiger partial charge in [-0.1, -0.05) is 19.4 Å². The minimum Gasteiger partial charge on any atom is -0.375 e. The van der Waals surface area contributed by atoms with Crippen LogP contribution in [0.3, 0.4) is 0 Å². The molecule has 0 aliphatic carbocycles. The Labute approximate surface area is 84.8 Å². The van der Waals surface area contributed by atoms with Crippen LogP contribution in [-0.2, 0) is 9.47 Å². The summed E-state index contributed by atoms with van der Waals surface area (Å²) in [6.45, 7) is 4.34. The first-order valence-corrected chi connectivity index (χ1v) is 5.27. The summed E-state index contributed by atoms with van der Waals surface area (Å²) < 4.78 is 11.1. The summed E-state index contributed by atoms with van der Waals surface area (Å²) >= 11 is 0. The smallest absolute Gasteiger partial charge is 0.115 e. The second kappa shape index (κ2) is 4.24. The fourth-order valence-corrected chi connectivity index (χ4v) is 1.82. The van der Waals surface area contributed by atoms with Crippen molar-refractivity contribution in [2.45, 2.75) is 31.8 Å². The monoisotopic (exact) mass is 195 g/mol. The molecule has 0 saturated carbocycles. The van der Waals surface area contributed by atoms with Gasteiger partial charge in [0.1, 0.15) is 5.60 Å². The van der Waals surface area contributed by atoms with E-state index < -0.39 is 0 Å².